The third kappa shape index (κ3) is 9.13. The lowest BCUT2D eigenvalue weighted by Crippen LogP contribution is -2.38. The van der Waals surface area contributed by atoms with E-state index in [1.165, 1.54) is 0 Å². The highest BCUT2D eigenvalue weighted by atomic mass is 79.9. The topological polar surface area (TPSA) is 72.5 Å². The van der Waals surface area contributed by atoms with Crippen LogP contribution in [-0.4, -0.2) is 29.8 Å². The van der Waals surface area contributed by atoms with E-state index < -0.39 is 17.5 Å². The lowest BCUT2D eigenvalue weighted by Gasteiger charge is -2.20. The summed E-state index contributed by atoms with van der Waals surface area (Å²) in [6, 6.07) is 7.55. The van der Waals surface area contributed by atoms with E-state index in [9.17, 15) is 14.4 Å². The number of carbonyl (C=O) groups excluding carboxylic acids is 3. The summed E-state index contributed by atoms with van der Waals surface area (Å²) in [7, 11) is 0. The average Bonchev–Trinajstić information content (AvgIpc) is 2.53. The quantitative estimate of drug-likeness (QED) is 0.610. The molecule has 1 aromatic rings. The average molecular weight is 426 g/mol. The van der Waals surface area contributed by atoms with Crippen molar-refractivity contribution in [1.82, 2.24) is 5.32 Å². The Morgan fingerprint density at radius 2 is 1.77 bits per heavy atom. The number of benzene rings is 1. The fourth-order valence-corrected chi connectivity index (χ4v) is 2.80. The van der Waals surface area contributed by atoms with Crippen molar-refractivity contribution in [1.29, 1.82) is 0 Å². The molecule has 5 nitrogen and oxygen atoms in total. The second kappa shape index (κ2) is 10.5. The SMILES string of the molecule is CCC[C@H](CC(=O)Cc1ccc(Br)cc1)C(=O)NCC(=O)OC(C)(C)C. The van der Waals surface area contributed by atoms with E-state index in [4.69, 9.17) is 4.74 Å². The van der Waals surface area contributed by atoms with E-state index in [1.807, 2.05) is 31.2 Å². The molecule has 0 radical (unpaired) electrons. The van der Waals surface area contributed by atoms with Crippen LogP contribution < -0.4 is 5.32 Å². The number of hydrogen-bond donors (Lipinski definition) is 1. The van der Waals surface area contributed by atoms with Crippen molar-refractivity contribution in [2.24, 2.45) is 5.92 Å². The van der Waals surface area contributed by atoms with Crippen LogP contribution in [0, 0.1) is 5.92 Å². The summed E-state index contributed by atoms with van der Waals surface area (Å²) in [5, 5.41) is 2.59. The Kier molecular flexibility index (Phi) is 8.99. The maximum Gasteiger partial charge on any atom is 0.325 e. The Morgan fingerprint density at radius 1 is 1.15 bits per heavy atom. The largest absolute Gasteiger partial charge is 0.459 e. The highest BCUT2D eigenvalue weighted by molar-refractivity contribution is 9.10. The Hall–Kier alpha value is -1.69. The minimum atomic E-state index is -0.592. The number of nitrogens with one attached hydrogen (secondary N) is 1. The number of rotatable bonds is 9. The number of ketones is 1. The van der Waals surface area contributed by atoms with Gasteiger partial charge in [0.25, 0.3) is 0 Å². The zero-order valence-corrected chi connectivity index (χ0v) is 17.5. The Bertz CT molecular complexity index is 620. The van der Waals surface area contributed by atoms with Crippen LogP contribution in [-0.2, 0) is 25.5 Å². The molecule has 0 saturated heterocycles. The first kappa shape index (κ1) is 22.4. The predicted molar refractivity (Wildman–Crippen MR) is 105 cm³/mol. The molecule has 144 valence electrons. The molecular weight excluding hydrogens is 398 g/mol. The van der Waals surface area contributed by atoms with Gasteiger partial charge in [-0.15, -0.1) is 0 Å². The highest BCUT2D eigenvalue weighted by Crippen LogP contribution is 2.16. The number of ether oxygens (including phenoxy) is 1. The number of Topliss-reactive ketones (excluding diaryl/α,β-unsaturated/α-hetero) is 1. The van der Waals surface area contributed by atoms with E-state index in [0.29, 0.717) is 12.8 Å². The van der Waals surface area contributed by atoms with Gasteiger partial charge in [0.05, 0.1) is 0 Å². The van der Waals surface area contributed by atoms with E-state index in [1.54, 1.807) is 20.8 Å². The van der Waals surface area contributed by atoms with Crippen molar-refractivity contribution in [3.05, 3.63) is 34.3 Å². The number of carbonyl (C=O) groups is 3. The first-order valence-electron chi connectivity index (χ1n) is 8.86. The van der Waals surface area contributed by atoms with Gasteiger partial charge >= 0.3 is 5.97 Å². The van der Waals surface area contributed by atoms with Crippen LogP contribution in [0.15, 0.2) is 28.7 Å². The molecule has 0 aliphatic heterocycles. The van der Waals surface area contributed by atoms with E-state index in [-0.39, 0.29) is 24.7 Å². The lowest BCUT2D eigenvalue weighted by molar-refractivity contribution is -0.154. The smallest absolute Gasteiger partial charge is 0.325 e. The summed E-state index contributed by atoms with van der Waals surface area (Å²) >= 11 is 3.36. The second-order valence-corrected chi connectivity index (χ2v) is 8.25. The van der Waals surface area contributed by atoms with Crippen LogP contribution in [0.1, 0.15) is 52.5 Å². The van der Waals surface area contributed by atoms with Crippen LogP contribution >= 0.6 is 15.9 Å². The molecule has 0 fully saturated rings. The lowest BCUT2D eigenvalue weighted by atomic mass is 9.94. The predicted octanol–water partition coefficient (Wildman–Crippen LogP) is 3.83. The molecule has 0 spiro atoms. The molecule has 1 aromatic carbocycles. The van der Waals surface area contributed by atoms with Gasteiger partial charge in [0.15, 0.2) is 0 Å². The first-order valence-corrected chi connectivity index (χ1v) is 9.65. The van der Waals surface area contributed by atoms with Crippen LogP contribution in [0.5, 0.6) is 0 Å². The van der Waals surface area contributed by atoms with Gasteiger partial charge in [-0.05, 0) is 44.9 Å². The van der Waals surface area contributed by atoms with Crippen molar-refractivity contribution < 1.29 is 19.1 Å². The minimum Gasteiger partial charge on any atom is -0.459 e. The fourth-order valence-electron chi connectivity index (χ4n) is 2.53. The summed E-state index contributed by atoms with van der Waals surface area (Å²) in [4.78, 5) is 36.4. The summed E-state index contributed by atoms with van der Waals surface area (Å²) in [5.41, 5.74) is 0.327. The summed E-state index contributed by atoms with van der Waals surface area (Å²) in [6.07, 6.45) is 1.86. The molecular formula is C20H28BrNO4. The Balaban J connectivity index is 2.55. The standard InChI is InChI=1S/C20H28BrNO4/c1-5-6-15(19(25)22-13-18(24)26-20(2,3)4)12-17(23)11-14-7-9-16(21)10-8-14/h7-10,15H,5-6,11-13H2,1-4H3,(H,22,25)/t15-/m1/s1. The molecule has 0 bridgehead atoms. The van der Waals surface area contributed by atoms with Crippen molar-refractivity contribution in [3.8, 4) is 0 Å². The monoisotopic (exact) mass is 425 g/mol. The van der Waals surface area contributed by atoms with Gasteiger partial charge in [-0.3, -0.25) is 14.4 Å². The molecule has 1 rings (SSSR count). The molecule has 0 unspecified atom stereocenters. The molecule has 0 aliphatic rings. The number of halogens is 1. The maximum absolute atomic E-state index is 12.4. The van der Waals surface area contributed by atoms with Crippen molar-refractivity contribution >= 4 is 33.6 Å². The van der Waals surface area contributed by atoms with Crippen LogP contribution in [0.4, 0.5) is 0 Å². The molecule has 1 N–H and O–H groups in total. The molecule has 1 atom stereocenters. The molecule has 0 aliphatic carbocycles. The molecule has 0 heterocycles. The van der Waals surface area contributed by atoms with Crippen molar-refractivity contribution in [2.45, 2.75) is 59.0 Å². The first-order chi connectivity index (χ1) is 12.1. The molecule has 0 aromatic heterocycles. The van der Waals surface area contributed by atoms with Crippen LogP contribution in [0.2, 0.25) is 0 Å². The molecule has 1 amide bonds. The fraction of sp³-hybridized carbons (Fsp3) is 0.550. The van der Waals surface area contributed by atoms with Crippen LogP contribution in [0.25, 0.3) is 0 Å². The van der Waals surface area contributed by atoms with E-state index in [0.717, 1.165) is 16.5 Å². The van der Waals surface area contributed by atoms with Crippen molar-refractivity contribution in [3.63, 3.8) is 0 Å². The van der Waals surface area contributed by atoms with E-state index in [2.05, 4.69) is 21.2 Å². The van der Waals surface area contributed by atoms with Gasteiger partial charge in [0, 0.05) is 23.2 Å². The number of hydrogen-bond acceptors (Lipinski definition) is 4. The van der Waals surface area contributed by atoms with Gasteiger partial charge in [-0.2, -0.15) is 0 Å². The third-order valence-electron chi connectivity index (χ3n) is 3.62. The molecule has 26 heavy (non-hydrogen) atoms. The molecule has 0 saturated carbocycles. The van der Waals surface area contributed by atoms with Gasteiger partial charge < -0.3 is 10.1 Å². The van der Waals surface area contributed by atoms with Gasteiger partial charge in [-0.1, -0.05) is 41.4 Å². The maximum atomic E-state index is 12.4. The normalized spacial score (nSPS) is 12.3. The second-order valence-electron chi connectivity index (χ2n) is 7.34. The van der Waals surface area contributed by atoms with Gasteiger partial charge in [0.2, 0.25) is 5.91 Å². The zero-order chi connectivity index (χ0) is 19.7. The summed E-state index contributed by atoms with van der Waals surface area (Å²) < 4.78 is 6.13. The van der Waals surface area contributed by atoms with E-state index >= 15 is 0 Å². The Labute approximate surface area is 164 Å². The number of esters is 1. The third-order valence-corrected chi connectivity index (χ3v) is 4.15. The summed E-state index contributed by atoms with van der Waals surface area (Å²) in [6.45, 7) is 7.10. The molecule has 6 heteroatoms. The zero-order valence-electron chi connectivity index (χ0n) is 15.9. The van der Waals surface area contributed by atoms with Gasteiger partial charge in [-0.25, -0.2) is 0 Å². The highest BCUT2D eigenvalue weighted by Gasteiger charge is 2.23. The van der Waals surface area contributed by atoms with Crippen LogP contribution in [0.3, 0.4) is 0 Å². The van der Waals surface area contributed by atoms with Gasteiger partial charge in [0.1, 0.15) is 17.9 Å². The minimum absolute atomic E-state index is 0.0122. The Morgan fingerprint density at radius 3 is 2.31 bits per heavy atom. The van der Waals surface area contributed by atoms with Crippen molar-refractivity contribution in [2.75, 3.05) is 6.54 Å². The summed E-state index contributed by atoms with van der Waals surface area (Å²) in [5.74, 6) is -1.17. The number of amides is 1.